The minimum absolute atomic E-state index is 0.154. The van der Waals surface area contributed by atoms with Gasteiger partial charge < -0.3 is 9.73 Å². The van der Waals surface area contributed by atoms with Crippen LogP contribution in [-0.4, -0.2) is 19.9 Å². The van der Waals surface area contributed by atoms with Crippen LogP contribution in [0, 0.1) is 6.92 Å². The number of thiazole rings is 1. The summed E-state index contributed by atoms with van der Waals surface area (Å²) in [6, 6.07) is 1.55. The molecule has 0 aliphatic heterocycles. The second-order valence-corrected chi connectivity index (χ2v) is 6.80. The Morgan fingerprint density at radius 1 is 1.45 bits per heavy atom. The number of hydrogen-bond donors (Lipinski definition) is 2. The van der Waals surface area contributed by atoms with E-state index in [9.17, 15) is 8.42 Å². The third-order valence-electron chi connectivity index (χ3n) is 2.59. The number of aromatic nitrogens is 1. The van der Waals surface area contributed by atoms with Gasteiger partial charge in [-0.3, -0.25) is 4.72 Å². The topological polar surface area (TPSA) is 84.2 Å². The molecule has 2 N–H and O–H groups in total. The summed E-state index contributed by atoms with van der Waals surface area (Å²) in [6.45, 7) is 5.08. The zero-order valence-corrected chi connectivity index (χ0v) is 13.0. The Morgan fingerprint density at radius 2 is 2.25 bits per heavy atom. The highest BCUT2D eigenvalue weighted by Gasteiger charge is 2.22. The Bertz CT molecular complexity index is 648. The van der Waals surface area contributed by atoms with Crippen LogP contribution in [0.2, 0.25) is 0 Å². The molecule has 2 heterocycles. The first-order valence-electron chi connectivity index (χ1n) is 6.25. The highest BCUT2D eigenvalue weighted by Crippen LogP contribution is 2.23. The van der Waals surface area contributed by atoms with Gasteiger partial charge in [-0.25, -0.2) is 13.4 Å². The first-order valence-corrected chi connectivity index (χ1v) is 8.61. The average molecular weight is 315 g/mol. The molecule has 2 rings (SSSR count). The average Bonchev–Trinajstić information content (AvgIpc) is 2.99. The third-order valence-corrected chi connectivity index (χ3v) is 4.86. The van der Waals surface area contributed by atoms with Crippen LogP contribution in [0.4, 0.5) is 5.13 Å². The van der Waals surface area contributed by atoms with Crippen LogP contribution in [0.3, 0.4) is 0 Å². The van der Waals surface area contributed by atoms with Crippen molar-refractivity contribution >= 4 is 26.5 Å². The highest BCUT2D eigenvalue weighted by atomic mass is 32.2. The molecule has 0 spiro atoms. The van der Waals surface area contributed by atoms with Crippen molar-refractivity contribution in [1.82, 2.24) is 10.3 Å². The maximum atomic E-state index is 12.2. The van der Waals surface area contributed by atoms with Crippen LogP contribution >= 0.6 is 11.3 Å². The van der Waals surface area contributed by atoms with E-state index in [1.165, 1.54) is 11.3 Å². The van der Waals surface area contributed by atoms with E-state index in [0.717, 1.165) is 13.0 Å². The van der Waals surface area contributed by atoms with Crippen molar-refractivity contribution in [2.45, 2.75) is 31.7 Å². The van der Waals surface area contributed by atoms with Gasteiger partial charge in [-0.1, -0.05) is 6.92 Å². The van der Waals surface area contributed by atoms with Gasteiger partial charge >= 0.3 is 0 Å². The molecule has 6 nitrogen and oxygen atoms in total. The Kier molecular flexibility index (Phi) is 4.79. The fourth-order valence-corrected chi connectivity index (χ4v) is 3.70. The lowest BCUT2D eigenvalue weighted by Gasteiger charge is -2.02. The molecule has 0 aromatic carbocycles. The summed E-state index contributed by atoms with van der Waals surface area (Å²) in [7, 11) is -3.65. The van der Waals surface area contributed by atoms with Crippen molar-refractivity contribution in [2.24, 2.45) is 0 Å². The molecule has 0 aliphatic rings. The Balaban J connectivity index is 2.15. The lowest BCUT2D eigenvalue weighted by molar-refractivity contribution is 0.457. The van der Waals surface area contributed by atoms with Crippen LogP contribution in [-0.2, 0) is 16.6 Å². The molecule has 2 aromatic heterocycles. The Morgan fingerprint density at radius 3 is 2.90 bits per heavy atom. The maximum Gasteiger partial charge on any atom is 0.267 e. The molecule has 0 saturated heterocycles. The molecular weight excluding hydrogens is 298 g/mol. The summed E-state index contributed by atoms with van der Waals surface area (Å²) in [5.74, 6) is 0.984. The minimum atomic E-state index is -3.65. The molecule has 0 bridgehead atoms. The maximum absolute atomic E-state index is 12.2. The molecule has 110 valence electrons. The van der Waals surface area contributed by atoms with Gasteiger partial charge in [0.1, 0.15) is 16.4 Å². The van der Waals surface area contributed by atoms with Gasteiger partial charge in [-0.15, -0.1) is 11.3 Å². The predicted octanol–water partition coefficient (Wildman–Crippen LogP) is 2.34. The van der Waals surface area contributed by atoms with Gasteiger partial charge in [0.15, 0.2) is 5.13 Å². The summed E-state index contributed by atoms with van der Waals surface area (Å²) >= 11 is 1.23. The number of nitrogens with zero attached hydrogens (tertiary/aromatic N) is 1. The molecule has 0 aliphatic carbocycles. The van der Waals surface area contributed by atoms with Gasteiger partial charge in [-0.05, 0) is 19.9 Å². The number of hydrogen-bond acceptors (Lipinski definition) is 6. The second kappa shape index (κ2) is 6.38. The van der Waals surface area contributed by atoms with Crippen molar-refractivity contribution in [3.8, 4) is 0 Å². The summed E-state index contributed by atoms with van der Waals surface area (Å²) in [5, 5.41) is 5.22. The molecule has 0 atom stereocenters. The fraction of sp³-hybridized carbons (Fsp3) is 0.417. The van der Waals surface area contributed by atoms with E-state index in [4.69, 9.17) is 4.42 Å². The SMILES string of the molecule is CCCNCc1cc(S(=O)(=O)Nc2nccs2)c(C)o1. The molecule has 8 heteroatoms. The Hall–Kier alpha value is -1.38. The summed E-state index contributed by atoms with van der Waals surface area (Å²) in [5.41, 5.74) is 0. The van der Waals surface area contributed by atoms with Gasteiger partial charge in [0, 0.05) is 17.6 Å². The van der Waals surface area contributed by atoms with Crippen LogP contribution in [0.1, 0.15) is 24.9 Å². The number of anilines is 1. The number of nitrogens with one attached hydrogen (secondary N) is 2. The monoisotopic (exact) mass is 315 g/mol. The summed E-state index contributed by atoms with van der Waals surface area (Å²) < 4.78 is 32.4. The van der Waals surface area contributed by atoms with Gasteiger partial charge in [0.2, 0.25) is 0 Å². The first-order chi connectivity index (χ1) is 9.53. The van der Waals surface area contributed by atoms with E-state index in [1.807, 2.05) is 0 Å². The van der Waals surface area contributed by atoms with E-state index in [2.05, 4.69) is 21.9 Å². The second-order valence-electron chi connectivity index (χ2n) is 4.25. The third kappa shape index (κ3) is 3.59. The number of rotatable bonds is 7. The standard InChI is InChI=1S/C12H17N3O3S2/c1-3-4-13-8-10-7-11(9(2)18-10)20(16,17)15-12-14-5-6-19-12/h5-7,13H,3-4,8H2,1-2H3,(H,14,15). The van der Waals surface area contributed by atoms with Gasteiger partial charge in [0.25, 0.3) is 10.0 Å². The first kappa shape index (κ1) is 15.0. The quantitative estimate of drug-likeness (QED) is 0.766. The normalized spacial score (nSPS) is 11.7. The van der Waals surface area contributed by atoms with Crippen molar-refractivity contribution in [3.63, 3.8) is 0 Å². The zero-order valence-electron chi connectivity index (χ0n) is 11.3. The van der Waals surface area contributed by atoms with Gasteiger partial charge in [-0.2, -0.15) is 0 Å². The van der Waals surface area contributed by atoms with E-state index < -0.39 is 10.0 Å². The van der Waals surface area contributed by atoms with Crippen molar-refractivity contribution in [1.29, 1.82) is 0 Å². The fourth-order valence-electron chi connectivity index (χ4n) is 1.71. The summed E-state index contributed by atoms with van der Waals surface area (Å²) in [6.07, 6.45) is 2.56. The van der Waals surface area contributed by atoms with Crippen molar-refractivity contribution in [3.05, 3.63) is 29.2 Å². The molecule has 0 fully saturated rings. The number of sulfonamides is 1. The van der Waals surface area contributed by atoms with Crippen LogP contribution in [0.25, 0.3) is 0 Å². The van der Waals surface area contributed by atoms with E-state index in [-0.39, 0.29) is 4.90 Å². The van der Waals surface area contributed by atoms with Crippen molar-refractivity contribution in [2.75, 3.05) is 11.3 Å². The molecule has 0 saturated carbocycles. The number of furan rings is 1. The van der Waals surface area contributed by atoms with E-state index >= 15 is 0 Å². The van der Waals surface area contributed by atoms with Crippen LogP contribution < -0.4 is 10.0 Å². The molecule has 2 aromatic rings. The minimum Gasteiger partial charge on any atom is -0.464 e. The number of aryl methyl sites for hydroxylation is 1. The lowest BCUT2D eigenvalue weighted by Crippen LogP contribution is -2.14. The molecular formula is C12H17N3O3S2. The van der Waals surface area contributed by atoms with Crippen LogP contribution in [0.5, 0.6) is 0 Å². The zero-order chi connectivity index (χ0) is 14.6. The molecule has 0 radical (unpaired) electrons. The van der Waals surface area contributed by atoms with Crippen molar-refractivity contribution < 1.29 is 12.8 Å². The van der Waals surface area contributed by atoms with Crippen LogP contribution in [0.15, 0.2) is 27.0 Å². The lowest BCUT2D eigenvalue weighted by atomic mass is 10.4. The molecule has 0 amide bonds. The predicted molar refractivity (Wildman–Crippen MR) is 78.4 cm³/mol. The van der Waals surface area contributed by atoms with Gasteiger partial charge in [0.05, 0.1) is 6.54 Å². The Labute approximate surface area is 122 Å². The highest BCUT2D eigenvalue weighted by molar-refractivity contribution is 7.93. The largest absolute Gasteiger partial charge is 0.464 e. The smallest absolute Gasteiger partial charge is 0.267 e. The molecule has 20 heavy (non-hydrogen) atoms. The van der Waals surface area contributed by atoms with E-state index in [1.54, 1.807) is 24.6 Å². The van der Waals surface area contributed by atoms with E-state index in [0.29, 0.717) is 23.2 Å². The summed E-state index contributed by atoms with van der Waals surface area (Å²) in [4.78, 5) is 4.06. The molecule has 0 unspecified atom stereocenters.